The van der Waals surface area contributed by atoms with Crippen LogP contribution in [-0.2, 0) is 6.42 Å². The first-order valence-electron chi connectivity index (χ1n) is 5.90. The number of nitrogens with one attached hydrogen (secondary N) is 1. The van der Waals surface area contributed by atoms with Crippen LogP contribution in [0.1, 0.15) is 36.9 Å². The normalized spacial score (nSPS) is 20.8. The summed E-state index contributed by atoms with van der Waals surface area (Å²) >= 11 is 3.60. The zero-order chi connectivity index (χ0) is 11.5. The van der Waals surface area contributed by atoms with E-state index in [4.69, 9.17) is 0 Å². The van der Waals surface area contributed by atoms with Gasteiger partial charge < -0.3 is 10.4 Å². The molecule has 1 aliphatic carbocycles. The van der Waals surface area contributed by atoms with Gasteiger partial charge in [-0.25, -0.2) is 0 Å². The van der Waals surface area contributed by atoms with Crippen molar-refractivity contribution in [3.63, 3.8) is 0 Å². The van der Waals surface area contributed by atoms with E-state index in [1.165, 1.54) is 15.6 Å². The van der Waals surface area contributed by atoms with E-state index in [-0.39, 0.29) is 12.6 Å². The topological polar surface area (TPSA) is 32.3 Å². The van der Waals surface area contributed by atoms with Crippen molar-refractivity contribution in [3.05, 3.63) is 33.8 Å². The number of fused-ring (bicyclic) bond motifs is 1. The van der Waals surface area contributed by atoms with Crippen LogP contribution in [0.2, 0.25) is 0 Å². The zero-order valence-corrected chi connectivity index (χ0v) is 11.1. The largest absolute Gasteiger partial charge is 0.395 e. The minimum absolute atomic E-state index is 0.218. The zero-order valence-electron chi connectivity index (χ0n) is 9.54. The molecule has 2 rings (SSSR count). The summed E-state index contributed by atoms with van der Waals surface area (Å²) in [5.41, 5.74) is 2.81. The third-order valence-electron chi connectivity index (χ3n) is 3.36. The van der Waals surface area contributed by atoms with E-state index in [1.54, 1.807) is 0 Å². The van der Waals surface area contributed by atoms with Gasteiger partial charge in [-0.2, -0.15) is 0 Å². The van der Waals surface area contributed by atoms with Crippen LogP contribution in [0.4, 0.5) is 0 Å². The molecule has 3 heteroatoms. The fourth-order valence-electron chi connectivity index (χ4n) is 2.37. The van der Waals surface area contributed by atoms with Gasteiger partial charge in [-0.05, 0) is 36.5 Å². The van der Waals surface area contributed by atoms with Crippen molar-refractivity contribution in [1.82, 2.24) is 5.32 Å². The van der Waals surface area contributed by atoms with Gasteiger partial charge in [0, 0.05) is 16.6 Å². The highest BCUT2D eigenvalue weighted by molar-refractivity contribution is 9.10. The second-order valence-electron chi connectivity index (χ2n) is 4.35. The van der Waals surface area contributed by atoms with Crippen LogP contribution in [0.25, 0.3) is 0 Å². The Hall–Kier alpha value is -0.380. The molecule has 2 nitrogen and oxygen atoms in total. The van der Waals surface area contributed by atoms with E-state index in [1.807, 2.05) is 0 Å². The van der Waals surface area contributed by atoms with Gasteiger partial charge in [0.05, 0.1) is 6.61 Å². The van der Waals surface area contributed by atoms with Crippen molar-refractivity contribution < 1.29 is 5.11 Å². The Labute approximate surface area is 105 Å². The number of aliphatic hydroxyl groups excluding tert-OH is 1. The van der Waals surface area contributed by atoms with Gasteiger partial charge in [0.25, 0.3) is 0 Å². The van der Waals surface area contributed by atoms with E-state index in [9.17, 15) is 5.11 Å². The number of aliphatic hydroxyl groups is 1. The first-order chi connectivity index (χ1) is 7.76. The van der Waals surface area contributed by atoms with Crippen molar-refractivity contribution in [2.45, 2.75) is 38.3 Å². The average Bonchev–Trinajstić information content (AvgIpc) is 2.71. The van der Waals surface area contributed by atoms with E-state index >= 15 is 0 Å². The minimum atomic E-state index is 0.218. The minimum Gasteiger partial charge on any atom is -0.395 e. The number of hydrogen-bond donors (Lipinski definition) is 2. The lowest BCUT2D eigenvalue weighted by Gasteiger charge is -2.20. The van der Waals surface area contributed by atoms with Gasteiger partial charge in [0.1, 0.15) is 0 Å². The van der Waals surface area contributed by atoms with E-state index in [0.717, 1.165) is 19.3 Å². The second kappa shape index (κ2) is 5.30. The summed E-state index contributed by atoms with van der Waals surface area (Å²) < 4.78 is 1.21. The van der Waals surface area contributed by atoms with Crippen LogP contribution in [0.5, 0.6) is 0 Å². The summed E-state index contributed by atoms with van der Waals surface area (Å²) in [6.07, 6.45) is 3.22. The molecule has 0 bridgehead atoms. The lowest BCUT2D eigenvalue weighted by molar-refractivity contribution is 0.227. The van der Waals surface area contributed by atoms with Crippen molar-refractivity contribution in [2.75, 3.05) is 6.61 Å². The van der Waals surface area contributed by atoms with Crippen LogP contribution < -0.4 is 5.32 Å². The monoisotopic (exact) mass is 283 g/mol. The standard InChI is InChI=1S/C13H18BrNO/c1-2-9(8-16)15-13-7-6-10-11(13)4-3-5-12(10)14/h3-5,9,13,15-16H,2,6-8H2,1H3/t9-,13?/m0/s1. The number of rotatable bonds is 4. The summed E-state index contributed by atoms with van der Waals surface area (Å²) in [6.45, 7) is 2.32. The highest BCUT2D eigenvalue weighted by Gasteiger charge is 2.25. The van der Waals surface area contributed by atoms with Gasteiger partial charge in [-0.15, -0.1) is 0 Å². The van der Waals surface area contributed by atoms with E-state index in [0.29, 0.717) is 6.04 Å². The SMILES string of the molecule is CC[C@@H](CO)NC1CCc2c(Br)cccc21. The highest BCUT2D eigenvalue weighted by Crippen LogP contribution is 2.35. The molecule has 2 atom stereocenters. The van der Waals surface area contributed by atoms with Gasteiger partial charge in [0.2, 0.25) is 0 Å². The first-order valence-corrected chi connectivity index (χ1v) is 6.69. The van der Waals surface area contributed by atoms with E-state index in [2.05, 4.69) is 46.4 Å². The van der Waals surface area contributed by atoms with Crippen LogP contribution in [0.3, 0.4) is 0 Å². The van der Waals surface area contributed by atoms with Gasteiger partial charge >= 0.3 is 0 Å². The molecular weight excluding hydrogens is 266 g/mol. The van der Waals surface area contributed by atoms with Crippen LogP contribution in [0, 0.1) is 0 Å². The van der Waals surface area contributed by atoms with Gasteiger partial charge in [-0.1, -0.05) is 35.0 Å². The quantitative estimate of drug-likeness (QED) is 0.891. The molecule has 16 heavy (non-hydrogen) atoms. The molecule has 2 N–H and O–H groups in total. The highest BCUT2D eigenvalue weighted by atomic mass is 79.9. The third kappa shape index (κ3) is 2.31. The van der Waals surface area contributed by atoms with Crippen molar-refractivity contribution in [1.29, 1.82) is 0 Å². The third-order valence-corrected chi connectivity index (χ3v) is 4.11. The molecule has 1 aromatic carbocycles. The molecular formula is C13H18BrNO. The summed E-state index contributed by atoms with van der Waals surface area (Å²) in [4.78, 5) is 0. The summed E-state index contributed by atoms with van der Waals surface area (Å²) in [6, 6.07) is 7.00. The maximum Gasteiger partial charge on any atom is 0.0584 e. The Balaban J connectivity index is 2.14. The summed E-state index contributed by atoms with van der Waals surface area (Å²) in [5.74, 6) is 0. The maximum atomic E-state index is 9.22. The Morgan fingerprint density at radius 3 is 3.06 bits per heavy atom. The Morgan fingerprint density at radius 1 is 1.56 bits per heavy atom. The molecule has 0 fully saturated rings. The number of halogens is 1. The molecule has 0 amide bonds. The van der Waals surface area contributed by atoms with Crippen LogP contribution in [0.15, 0.2) is 22.7 Å². The van der Waals surface area contributed by atoms with E-state index < -0.39 is 0 Å². The summed E-state index contributed by atoms with van der Waals surface area (Å²) in [5, 5.41) is 12.7. The Kier molecular flexibility index (Phi) is 4.00. The van der Waals surface area contributed by atoms with Crippen molar-refractivity contribution in [2.24, 2.45) is 0 Å². The van der Waals surface area contributed by atoms with Crippen LogP contribution >= 0.6 is 15.9 Å². The predicted molar refractivity (Wildman–Crippen MR) is 69.5 cm³/mol. The lowest BCUT2D eigenvalue weighted by Crippen LogP contribution is -2.34. The fraction of sp³-hybridized carbons (Fsp3) is 0.538. The molecule has 0 saturated heterocycles. The lowest BCUT2D eigenvalue weighted by atomic mass is 10.1. The predicted octanol–water partition coefficient (Wildman–Crippen LogP) is 2.80. The molecule has 0 aliphatic heterocycles. The Morgan fingerprint density at radius 2 is 2.38 bits per heavy atom. The number of hydrogen-bond acceptors (Lipinski definition) is 2. The molecule has 1 aromatic rings. The number of benzene rings is 1. The fourth-order valence-corrected chi connectivity index (χ4v) is 2.95. The summed E-state index contributed by atoms with van der Waals surface area (Å²) in [7, 11) is 0. The molecule has 0 saturated carbocycles. The molecule has 0 radical (unpaired) electrons. The van der Waals surface area contributed by atoms with Crippen molar-refractivity contribution in [3.8, 4) is 0 Å². The van der Waals surface area contributed by atoms with Crippen molar-refractivity contribution >= 4 is 15.9 Å². The second-order valence-corrected chi connectivity index (χ2v) is 5.21. The molecule has 0 spiro atoms. The molecule has 1 unspecified atom stereocenters. The Bertz CT molecular complexity index is 363. The smallest absolute Gasteiger partial charge is 0.0584 e. The molecule has 88 valence electrons. The average molecular weight is 284 g/mol. The van der Waals surface area contributed by atoms with Crippen LogP contribution in [-0.4, -0.2) is 17.8 Å². The molecule has 0 aromatic heterocycles. The molecule has 1 aliphatic rings. The first kappa shape index (κ1) is 12.1. The maximum absolute atomic E-state index is 9.22. The molecule has 0 heterocycles. The van der Waals surface area contributed by atoms with Gasteiger partial charge in [0.15, 0.2) is 0 Å². The van der Waals surface area contributed by atoms with Gasteiger partial charge in [-0.3, -0.25) is 0 Å².